The number of para-hydroxylation sites is 1. The molecule has 0 saturated heterocycles. The average Bonchev–Trinajstić information content (AvgIpc) is 2.47. The highest BCUT2D eigenvalue weighted by molar-refractivity contribution is 5.45. The van der Waals surface area contributed by atoms with Gasteiger partial charge in [-0.2, -0.15) is 13.2 Å². The fourth-order valence-corrected chi connectivity index (χ4v) is 1.79. The van der Waals surface area contributed by atoms with E-state index in [9.17, 15) is 13.2 Å². The Hall–Kier alpha value is -2.17. The Balaban J connectivity index is 1.69. The normalized spacial score (nSPS) is 11.2. The molecule has 0 aliphatic carbocycles. The molecule has 0 radical (unpaired) electrons. The van der Waals surface area contributed by atoms with Crippen LogP contribution in [-0.4, -0.2) is 13.2 Å². The summed E-state index contributed by atoms with van der Waals surface area (Å²) in [4.78, 5) is 0. The Bertz CT molecular complexity index is 538. The monoisotopic (exact) mass is 295 g/mol. The van der Waals surface area contributed by atoms with Crippen molar-refractivity contribution in [2.24, 2.45) is 0 Å². The van der Waals surface area contributed by atoms with Crippen molar-refractivity contribution < 1.29 is 17.9 Å². The minimum absolute atomic E-state index is 0.553. The highest BCUT2D eigenvalue weighted by Crippen LogP contribution is 2.29. The number of benzene rings is 2. The third kappa shape index (κ3) is 5.02. The Morgan fingerprint density at radius 1 is 0.905 bits per heavy atom. The second-order valence-corrected chi connectivity index (χ2v) is 4.52. The van der Waals surface area contributed by atoms with Gasteiger partial charge in [-0.3, -0.25) is 0 Å². The van der Waals surface area contributed by atoms with Crippen molar-refractivity contribution in [2.45, 2.75) is 12.6 Å². The fourth-order valence-electron chi connectivity index (χ4n) is 1.79. The van der Waals surface area contributed by atoms with Gasteiger partial charge in [-0.25, -0.2) is 0 Å². The molecule has 1 N–H and O–H groups in total. The summed E-state index contributed by atoms with van der Waals surface area (Å²) in [7, 11) is 0. The van der Waals surface area contributed by atoms with Crippen LogP contribution in [0.3, 0.4) is 0 Å². The lowest BCUT2D eigenvalue weighted by molar-refractivity contribution is -0.137. The summed E-state index contributed by atoms with van der Waals surface area (Å²) in [6.07, 6.45) is -3.53. The van der Waals surface area contributed by atoms with E-state index in [-0.39, 0.29) is 0 Å². The van der Waals surface area contributed by atoms with Gasteiger partial charge in [-0.05, 0) is 42.8 Å². The van der Waals surface area contributed by atoms with Crippen LogP contribution in [-0.2, 0) is 6.18 Å². The smallest absolute Gasteiger partial charge is 0.416 e. The molecule has 0 fully saturated rings. The Labute approximate surface area is 121 Å². The predicted octanol–water partition coefficient (Wildman–Crippen LogP) is 4.59. The summed E-state index contributed by atoms with van der Waals surface area (Å²) in [5, 5.41) is 3.06. The minimum atomic E-state index is -4.29. The molecule has 21 heavy (non-hydrogen) atoms. The molecule has 112 valence electrons. The van der Waals surface area contributed by atoms with E-state index in [0.29, 0.717) is 18.8 Å². The van der Waals surface area contributed by atoms with Gasteiger partial charge in [0.25, 0.3) is 0 Å². The first-order chi connectivity index (χ1) is 10.1. The highest BCUT2D eigenvalue weighted by atomic mass is 19.4. The van der Waals surface area contributed by atoms with Gasteiger partial charge in [0.1, 0.15) is 5.75 Å². The van der Waals surface area contributed by atoms with Crippen molar-refractivity contribution in [1.82, 2.24) is 0 Å². The zero-order valence-electron chi connectivity index (χ0n) is 11.4. The van der Waals surface area contributed by atoms with E-state index in [4.69, 9.17) is 4.74 Å². The number of rotatable bonds is 6. The minimum Gasteiger partial charge on any atom is -0.494 e. The molecule has 0 atom stereocenters. The van der Waals surface area contributed by atoms with Gasteiger partial charge in [0.15, 0.2) is 0 Å². The van der Waals surface area contributed by atoms with E-state index in [2.05, 4.69) is 5.32 Å². The first-order valence-electron chi connectivity index (χ1n) is 6.65. The second kappa shape index (κ2) is 7.02. The number of nitrogens with one attached hydrogen (secondary N) is 1. The van der Waals surface area contributed by atoms with Crippen LogP contribution in [0.25, 0.3) is 0 Å². The topological polar surface area (TPSA) is 21.3 Å². The molecule has 0 aliphatic heterocycles. The van der Waals surface area contributed by atoms with E-state index in [0.717, 1.165) is 24.3 Å². The van der Waals surface area contributed by atoms with Crippen LogP contribution in [0, 0.1) is 0 Å². The second-order valence-electron chi connectivity index (χ2n) is 4.52. The standard InChI is InChI=1S/C16H16F3NO/c17-16(18,19)13-7-9-14(10-8-13)20-11-4-12-21-15-5-2-1-3-6-15/h1-3,5-10,20H,4,11-12H2. The van der Waals surface area contributed by atoms with Gasteiger partial charge in [-0.15, -0.1) is 0 Å². The van der Waals surface area contributed by atoms with Gasteiger partial charge in [0, 0.05) is 12.2 Å². The quantitative estimate of drug-likeness (QED) is 0.787. The first kappa shape index (κ1) is 15.2. The molecule has 0 aliphatic rings. The van der Waals surface area contributed by atoms with Crippen LogP contribution in [0.1, 0.15) is 12.0 Å². The summed E-state index contributed by atoms with van der Waals surface area (Å²) in [6.45, 7) is 1.19. The molecule has 0 heterocycles. The molecule has 0 spiro atoms. The third-order valence-corrected chi connectivity index (χ3v) is 2.87. The van der Waals surface area contributed by atoms with Crippen molar-refractivity contribution in [2.75, 3.05) is 18.5 Å². The molecule has 0 saturated carbocycles. The average molecular weight is 295 g/mol. The van der Waals surface area contributed by atoms with Gasteiger partial charge >= 0.3 is 6.18 Å². The molecule has 0 amide bonds. The Morgan fingerprint density at radius 2 is 1.57 bits per heavy atom. The lowest BCUT2D eigenvalue weighted by Crippen LogP contribution is -2.08. The predicted molar refractivity (Wildman–Crippen MR) is 76.5 cm³/mol. The summed E-state index contributed by atoms with van der Waals surface area (Å²) >= 11 is 0. The van der Waals surface area contributed by atoms with Crippen LogP contribution < -0.4 is 10.1 Å². The van der Waals surface area contributed by atoms with Crippen molar-refractivity contribution in [3.63, 3.8) is 0 Å². The number of anilines is 1. The van der Waals surface area contributed by atoms with E-state index in [1.165, 1.54) is 12.1 Å². The number of ether oxygens (including phenoxy) is 1. The van der Waals surface area contributed by atoms with Gasteiger partial charge in [-0.1, -0.05) is 18.2 Å². The largest absolute Gasteiger partial charge is 0.494 e. The van der Waals surface area contributed by atoms with Crippen LogP contribution in [0.2, 0.25) is 0 Å². The maximum atomic E-state index is 12.4. The van der Waals surface area contributed by atoms with Gasteiger partial charge in [0.2, 0.25) is 0 Å². The summed E-state index contributed by atoms with van der Waals surface area (Å²) in [6, 6.07) is 14.5. The molecule has 2 nitrogen and oxygen atoms in total. The SMILES string of the molecule is FC(F)(F)c1ccc(NCCCOc2ccccc2)cc1. The molecule has 2 rings (SSSR count). The first-order valence-corrected chi connectivity index (χ1v) is 6.65. The van der Waals surface area contributed by atoms with Crippen LogP contribution in [0.5, 0.6) is 5.75 Å². The van der Waals surface area contributed by atoms with E-state index in [1.807, 2.05) is 30.3 Å². The maximum Gasteiger partial charge on any atom is 0.416 e. The van der Waals surface area contributed by atoms with E-state index in [1.54, 1.807) is 0 Å². The third-order valence-electron chi connectivity index (χ3n) is 2.87. The zero-order valence-corrected chi connectivity index (χ0v) is 11.4. The molecular formula is C16H16F3NO. The highest BCUT2D eigenvalue weighted by Gasteiger charge is 2.29. The number of hydrogen-bond donors (Lipinski definition) is 1. The molecule has 2 aromatic carbocycles. The summed E-state index contributed by atoms with van der Waals surface area (Å²) < 4.78 is 42.7. The van der Waals surface area contributed by atoms with Crippen LogP contribution in [0.4, 0.5) is 18.9 Å². The fraction of sp³-hybridized carbons (Fsp3) is 0.250. The molecule has 0 bridgehead atoms. The Kier molecular flexibility index (Phi) is 5.09. The summed E-state index contributed by atoms with van der Waals surface area (Å²) in [5.41, 5.74) is 0.0307. The lowest BCUT2D eigenvalue weighted by atomic mass is 10.2. The molecule has 0 unspecified atom stereocenters. The number of hydrogen-bond acceptors (Lipinski definition) is 2. The molecule has 0 aromatic heterocycles. The van der Waals surface area contributed by atoms with Crippen molar-refractivity contribution in [3.05, 3.63) is 60.2 Å². The lowest BCUT2D eigenvalue weighted by Gasteiger charge is -2.10. The maximum absolute atomic E-state index is 12.4. The van der Waals surface area contributed by atoms with Crippen LogP contribution >= 0.6 is 0 Å². The van der Waals surface area contributed by atoms with Crippen molar-refractivity contribution in [3.8, 4) is 5.75 Å². The van der Waals surface area contributed by atoms with Crippen LogP contribution in [0.15, 0.2) is 54.6 Å². The zero-order chi connectivity index (χ0) is 15.1. The van der Waals surface area contributed by atoms with Gasteiger partial charge in [0.05, 0.1) is 12.2 Å². The van der Waals surface area contributed by atoms with Crippen molar-refractivity contribution in [1.29, 1.82) is 0 Å². The Morgan fingerprint density at radius 3 is 2.19 bits per heavy atom. The molecular weight excluding hydrogens is 279 g/mol. The summed E-state index contributed by atoms with van der Waals surface area (Å²) in [5.74, 6) is 0.812. The number of halogens is 3. The molecule has 2 aromatic rings. The number of alkyl halides is 3. The van der Waals surface area contributed by atoms with E-state index >= 15 is 0 Å². The van der Waals surface area contributed by atoms with Crippen molar-refractivity contribution >= 4 is 5.69 Å². The molecule has 5 heteroatoms. The van der Waals surface area contributed by atoms with Gasteiger partial charge < -0.3 is 10.1 Å². The van der Waals surface area contributed by atoms with E-state index < -0.39 is 11.7 Å².